The number of nitrogens with zero attached hydrogens (tertiary/aromatic N) is 1. The zero-order valence-electron chi connectivity index (χ0n) is 11.8. The van der Waals surface area contributed by atoms with Crippen molar-refractivity contribution >= 4 is 34.3 Å². The molecule has 0 aliphatic carbocycles. The van der Waals surface area contributed by atoms with Gasteiger partial charge in [0.1, 0.15) is 0 Å². The van der Waals surface area contributed by atoms with Crippen LogP contribution >= 0.6 is 23.4 Å². The van der Waals surface area contributed by atoms with Gasteiger partial charge in [0.15, 0.2) is 0 Å². The van der Waals surface area contributed by atoms with Gasteiger partial charge in [0.05, 0.1) is 0 Å². The molecule has 1 aliphatic heterocycles. The molecule has 1 aliphatic rings. The van der Waals surface area contributed by atoms with Crippen LogP contribution in [0.15, 0.2) is 24.4 Å². The third-order valence-corrected chi connectivity index (χ3v) is 5.76. The van der Waals surface area contributed by atoms with Gasteiger partial charge in [0.25, 0.3) is 0 Å². The number of thioether (sulfide) groups is 1. The molecule has 2 heterocycles. The SMILES string of the molecule is Cn1cc(C(CN)C2CCSCC2)c2ccc(Cl)cc21. The Kier molecular flexibility index (Phi) is 4.29. The average molecular weight is 309 g/mol. The fourth-order valence-electron chi connectivity index (χ4n) is 3.38. The molecule has 0 radical (unpaired) electrons. The number of hydrogen-bond acceptors (Lipinski definition) is 2. The van der Waals surface area contributed by atoms with E-state index >= 15 is 0 Å². The summed E-state index contributed by atoms with van der Waals surface area (Å²) in [6.07, 6.45) is 4.83. The highest BCUT2D eigenvalue weighted by molar-refractivity contribution is 7.99. The minimum atomic E-state index is 0.473. The molecule has 1 aromatic carbocycles. The summed E-state index contributed by atoms with van der Waals surface area (Å²) in [6.45, 7) is 0.733. The summed E-state index contributed by atoms with van der Waals surface area (Å²) in [5.74, 6) is 3.75. The third-order valence-electron chi connectivity index (χ3n) is 4.47. The number of aromatic nitrogens is 1. The van der Waals surface area contributed by atoms with Crippen molar-refractivity contribution < 1.29 is 0 Å². The van der Waals surface area contributed by atoms with Gasteiger partial charge in [0, 0.05) is 35.1 Å². The van der Waals surface area contributed by atoms with Crippen LogP contribution in [0.4, 0.5) is 0 Å². The number of fused-ring (bicyclic) bond motifs is 1. The quantitative estimate of drug-likeness (QED) is 0.928. The zero-order valence-corrected chi connectivity index (χ0v) is 13.4. The Labute approximate surface area is 129 Å². The molecule has 0 bridgehead atoms. The van der Waals surface area contributed by atoms with E-state index in [2.05, 4.69) is 35.6 Å². The van der Waals surface area contributed by atoms with Crippen LogP contribution in [0.1, 0.15) is 24.3 Å². The monoisotopic (exact) mass is 308 g/mol. The molecular weight excluding hydrogens is 288 g/mol. The highest BCUT2D eigenvalue weighted by atomic mass is 35.5. The summed E-state index contributed by atoms with van der Waals surface area (Å²) in [6, 6.07) is 6.18. The zero-order chi connectivity index (χ0) is 14.1. The lowest BCUT2D eigenvalue weighted by atomic mass is 9.82. The van der Waals surface area contributed by atoms with Crippen LogP contribution < -0.4 is 5.73 Å². The van der Waals surface area contributed by atoms with Crippen molar-refractivity contribution in [2.45, 2.75) is 18.8 Å². The Morgan fingerprint density at radius 3 is 2.85 bits per heavy atom. The first-order valence-corrected chi connectivity index (χ1v) is 8.76. The lowest BCUT2D eigenvalue weighted by molar-refractivity contribution is 0.402. The number of aryl methyl sites for hydroxylation is 1. The third kappa shape index (κ3) is 2.59. The van der Waals surface area contributed by atoms with E-state index in [0.717, 1.165) is 17.5 Å². The molecule has 2 N–H and O–H groups in total. The van der Waals surface area contributed by atoms with Crippen molar-refractivity contribution in [1.82, 2.24) is 4.57 Å². The minimum Gasteiger partial charge on any atom is -0.350 e. The van der Waals surface area contributed by atoms with Gasteiger partial charge in [-0.05, 0) is 54.5 Å². The van der Waals surface area contributed by atoms with Crippen LogP contribution in [0.5, 0.6) is 0 Å². The van der Waals surface area contributed by atoms with Gasteiger partial charge in [-0.25, -0.2) is 0 Å². The molecule has 4 heteroatoms. The summed E-state index contributed by atoms with van der Waals surface area (Å²) in [7, 11) is 2.09. The van der Waals surface area contributed by atoms with Crippen LogP contribution in [0.2, 0.25) is 5.02 Å². The van der Waals surface area contributed by atoms with Crippen molar-refractivity contribution in [3.05, 3.63) is 35.0 Å². The molecule has 1 fully saturated rings. The number of hydrogen-bond donors (Lipinski definition) is 1. The smallest absolute Gasteiger partial charge is 0.0495 e. The summed E-state index contributed by atoms with van der Waals surface area (Å²) in [5, 5.41) is 2.11. The summed E-state index contributed by atoms with van der Waals surface area (Å²) >= 11 is 8.19. The Morgan fingerprint density at radius 2 is 2.15 bits per heavy atom. The van der Waals surface area contributed by atoms with Crippen molar-refractivity contribution in [3.63, 3.8) is 0 Å². The van der Waals surface area contributed by atoms with Gasteiger partial charge in [-0.2, -0.15) is 11.8 Å². The summed E-state index contributed by atoms with van der Waals surface area (Å²) in [4.78, 5) is 0. The maximum atomic E-state index is 6.12. The molecule has 1 unspecified atom stereocenters. The van der Waals surface area contributed by atoms with E-state index in [4.69, 9.17) is 17.3 Å². The van der Waals surface area contributed by atoms with Gasteiger partial charge in [-0.15, -0.1) is 0 Å². The van der Waals surface area contributed by atoms with E-state index in [1.807, 2.05) is 12.1 Å². The molecule has 2 aromatic rings. The number of rotatable bonds is 3. The highest BCUT2D eigenvalue weighted by Crippen LogP contribution is 2.38. The van der Waals surface area contributed by atoms with E-state index in [-0.39, 0.29) is 0 Å². The summed E-state index contributed by atoms with van der Waals surface area (Å²) < 4.78 is 2.18. The molecule has 108 valence electrons. The maximum Gasteiger partial charge on any atom is 0.0495 e. The van der Waals surface area contributed by atoms with Gasteiger partial charge in [0.2, 0.25) is 0 Å². The Balaban J connectivity index is 2.03. The van der Waals surface area contributed by atoms with E-state index in [1.165, 1.54) is 40.8 Å². The second-order valence-electron chi connectivity index (χ2n) is 5.65. The highest BCUT2D eigenvalue weighted by Gasteiger charge is 2.26. The van der Waals surface area contributed by atoms with Gasteiger partial charge in [-0.1, -0.05) is 17.7 Å². The van der Waals surface area contributed by atoms with Crippen LogP contribution in [-0.4, -0.2) is 22.6 Å². The first kappa shape index (κ1) is 14.3. The van der Waals surface area contributed by atoms with E-state index in [9.17, 15) is 0 Å². The second kappa shape index (κ2) is 6.00. The first-order chi connectivity index (χ1) is 9.70. The van der Waals surface area contributed by atoms with Crippen LogP contribution in [-0.2, 0) is 7.05 Å². The largest absolute Gasteiger partial charge is 0.350 e. The molecular formula is C16H21ClN2S. The number of halogens is 1. The molecule has 1 aromatic heterocycles. The van der Waals surface area contributed by atoms with Crippen molar-refractivity contribution in [2.75, 3.05) is 18.1 Å². The van der Waals surface area contributed by atoms with Crippen molar-refractivity contribution in [3.8, 4) is 0 Å². The van der Waals surface area contributed by atoms with Crippen LogP contribution in [0.3, 0.4) is 0 Å². The van der Waals surface area contributed by atoms with Crippen LogP contribution in [0, 0.1) is 5.92 Å². The Hall–Kier alpha value is -0.640. The first-order valence-electron chi connectivity index (χ1n) is 7.23. The number of nitrogens with two attached hydrogens (primary N) is 1. The molecule has 0 saturated carbocycles. The van der Waals surface area contributed by atoms with E-state index in [1.54, 1.807) is 0 Å². The van der Waals surface area contributed by atoms with E-state index < -0.39 is 0 Å². The van der Waals surface area contributed by atoms with Gasteiger partial charge in [-0.3, -0.25) is 0 Å². The van der Waals surface area contributed by atoms with Crippen molar-refractivity contribution in [2.24, 2.45) is 18.7 Å². The topological polar surface area (TPSA) is 30.9 Å². The van der Waals surface area contributed by atoms with Crippen LogP contribution in [0.25, 0.3) is 10.9 Å². The van der Waals surface area contributed by atoms with Gasteiger partial charge < -0.3 is 10.3 Å². The predicted molar refractivity (Wildman–Crippen MR) is 89.8 cm³/mol. The fourth-order valence-corrected chi connectivity index (χ4v) is 4.68. The average Bonchev–Trinajstić information content (AvgIpc) is 2.78. The normalized spacial score (nSPS) is 18.6. The fraction of sp³-hybridized carbons (Fsp3) is 0.500. The van der Waals surface area contributed by atoms with E-state index in [0.29, 0.717) is 5.92 Å². The molecule has 1 saturated heterocycles. The molecule has 1 atom stereocenters. The molecule has 0 amide bonds. The summed E-state index contributed by atoms with van der Waals surface area (Å²) in [5.41, 5.74) is 8.73. The number of benzene rings is 1. The molecule has 20 heavy (non-hydrogen) atoms. The maximum absolute atomic E-state index is 6.12. The van der Waals surface area contributed by atoms with Crippen molar-refractivity contribution in [1.29, 1.82) is 0 Å². The Morgan fingerprint density at radius 1 is 1.40 bits per heavy atom. The lowest BCUT2D eigenvalue weighted by Crippen LogP contribution is -2.24. The Bertz CT molecular complexity index is 602. The molecule has 3 rings (SSSR count). The molecule has 2 nitrogen and oxygen atoms in total. The standard InChI is InChI=1S/C16H21ClN2S/c1-19-10-15(13-3-2-12(17)8-16(13)19)14(9-18)11-4-6-20-7-5-11/h2-3,8,10-11,14H,4-7,9,18H2,1H3. The predicted octanol–water partition coefficient (Wildman–Crippen LogP) is 4.02. The minimum absolute atomic E-state index is 0.473. The lowest BCUT2D eigenvalue weighted by Gasteiger charge is -2.29. The second-order valence-corrected chi connectivity index (χ2v) is 7.31. The van der Waals surface area contributed by atoms with Gasteiger partial charge >= 0.3 is 0 Å². The molecule has 0 spiro atoms.